The predicted octanol–water partition coefficient (Wildman–Crippen LogP) is 1.42. The molecule has 2 aromatic rings. The molecule has 1 saturated carbocycles. The van der Waals surface area contributed by atoms with E-state index in [0.29, 0.717) is 23.2 Å². The van der Waals surface area contributed by atoms with E-state index in [1.807, 2.05) is 22.9 Å². The van der Waals surface area contributed by atoms with Crippen molar-refractivity contribution in [2.24, 2.45) is 11.5 Å². The molecule has 0 radical (unpaired) electrons. The maximum Gasteiger partial charge on any atom is 0.252 e. The van der Waals surface area contributed by atoms with Gasteiger partial charge < -0.3 is 15.9 Å². The van der Waals surface area contributed by atoms with E-state index in [1.54, 1.807) is 6.07 Å². The van der Waals surface area contributed by atoms with Gasteiger partial charge in [-0.15, -0.1) is 0 Å². The molecule has 5 heteroatoms. The van der Waals surface area contributed by atoms with E-state index in [2.05, 4.69) is 4.98 Å². The molecule has 0 spiro atoms. The fourth-order valence-electron chi connectivity index (χ4n) is 2.84. The topological polar surface area (TPSA) is 86.4 Å². The number of rotatable bonds is 2. The molecule has 1 aliphatic rings. The summed E-state index contributed by atoms with van der Waals surface area (Å²) in [6.45, 7) is 0. The summed E-state index contributed by atoms with van der Waals surface area (Å²) in [5.74, 6) is 0.00819. The van der Waals surface area contributed by atoms with Gasteiger partial charge in [0.25, 0.3) is 5.91 Å². The Balaban J connectivity index is 1.98. The van der Waals surface area contributed by atoms with Crippen molar-refractivity contribution in [1.29, 1.82) is 0 Å². The van der Waals surface area contributed by atoms with E-state index >= 15 is 0 Å². The number of nitrogens with zero attached hydrogens (tertiary/aromatic N) is 2. The third-order valence-corrected chi connectivity index (χ3v) is 3.96. The van der Waals surface area contributed by atoms with Crippen molar-refractivity contribution < 1.29 is 4.79 Å². The Bertz CT molecular complexity index is 611. The molecular weight excluding hydrogens is 240 g/mol. The van der Waals surface area contributed by atoms with Crippen molar-refractivity contribution in [2.45, 2.75) is 37.6 Å². The number of hydrogen-bond acceptors (Lipinski definition) is 3. The molecule has 3 rings (SSSR count). The van der Waals surface area contributed by atoms with Crippen LogP contribution in [0.3, 0.4) is 0 Å². The van der Waals surface area contributed by atoms with Crippen LogP contribution < -0.4 is 11.5 Å². The van der Waals surface area contributed by atoms with Crippen LogP contribution in [-0.4, -0.2) is 21.3 Å². The summed E-state index contributed by atoms with van der Waals surface area (Å²) in [6.07, 6.45) is 8.12. The molecule has 19 heavy (non-hydrogen) atoms. The lowest BCUT2D eigenvalue weighted by Crippen LogP contribution is -2.25. The first-order chi connectivity index (χ1) is 9.15. The number of imidazole rings is 1. The summed E-state index contributed by atoms with van der Waals surface area (Å²) in [7, 11) is 0. The van der Waals surface area contributed by atoms with Crippen molar-refractivity contribution >= 4 is 11.6 Å². The van der Waals surface area contributed by atoms with Gasteiger partial charge >= 0.3 is 0 Å². The fourth-order valence-corrected chi connectivity index (χ4v) is 2.84. The maximum atomic E-state index is 11.4. The average molecular weight is 258 g/mol. The molecule has 1 aliphatic carbocycles. The van der Waals surface area contributed by atoms with Crippen LogP contribution >= 0.6 is 0 Å². The van der Waals surface area contributed by atoms with Crippen LogP contribution in [0.4, 0.5) is 0 Å². The predicted molar refractivity (Wildman–Crippen MR) is 72.9 cm³/mol. The van der Waals surface area contributed by atoms with Gasteiger partial charge in [-0.2, -0.15) is 0 Å². The zero-order valence-corrected chi connectivity index (χ0v) is 10.7. The van der Waals surface area contributed by atoms with Gasteiger partial charge in [0.1, 0.15) is 5.65 Å². The van der Waals surface area contributed by atoms with Gasteiger partial charge in [-0.1, -0.05) is 0 Å². The molecule has 0 aromatic carbocycles. The second kappa shape index (κ2) is 4.66. The highest BCUT2D eigenvalue weighted by atomic mass is 16.1. The van der Waals surface area contributed by atoms with Gasteiger partial charge in [-0.25, -0.2) is 4.98 Å². The largest absolute Gasteiger partial charge is 0.365 e. The number of nitrogens with two attached hydrogens (primary N) is 2. The van der Waals surface area contributed by atoms with Crippen LogP contribution in [-0.2, 0) is 0 Å². The first-order valence-electron chi connectivity index (χ1n) is 6.68. The molecule has 4 N–H and O–H groups in total. The van der Waals surface area contributed by atoms with E-state index in [1.165, 1.54) is 0 Å². The summed E-state index contributed by atoms with van der Waals surface area (Å²) in [6, 6.07) is 3.86. The third kappa shape index (κ3) is 2.21. The number of pyridine rings is 1. The molecule has 1 amide bonds. The molecule has 0 atom stereocenters. The molecule has 2 heterocycles. The molecule has 0 bridgehead atoms. The lowest BCUT2D eigenvalue weighted by Gasteiger charge is -2.24. The zero-order valence-electron chi connectivity index (χ0n) is 10.7. The number of carbonyl (C=O) groups is 1. The van der Waals surface area contributed by atoms with Crippen molar-refractivity contribution in [1.82, 2.24) is 9.38 Å². The van der Waals surface area contributed by atoms with Gasteiger partial charge in [0.2, 0.25) is 0 Å². The van der Waals surface area contributed by atoms with Gasteiger partial charge in [0.05, 0.1) is 11.3 Å². The molecule has 2 aromatic heterocycles. The maximum absolute atomic E-state index is 11.4. The molecular formula is C14H18N4O. The SMILES string of the molecule is NC(=O)c1cccn2cc([C@H]3CC[C@@H](N)CC3)nc12. The third-order valence-electron chi connectivity index (χ3n) is 3.96. The highest BCUT2D eigenvalue weighted by Gasteiger charge is 2.22. The van der Waals surface area contributed by atoms with E-state index in [-0.39, 0.29) is 0 Å². The highest BCUT2D eigenvalue weighted by molar-refractivity contribution is 5.98. The van der Waals surface area contributed by atoms with Gasteiger partial charge in [0.15, 0.2) is 0 Å². The van der Waals surface area contributed by atoms with Crippen molar-refractivity contribution in [2.75, 3.05) is 0 Å². The lowest BCUT2D eigenvalue weighted by atomic mass is 9.85. The summed E-state index contributed by atoms with van der Waals surface area (Å²) in [5, 5.41) is 0. The highest BCUT2D eigenvalue weighted by Crippen LogP contribution is 2.32. The van der Waals surface area contributed by atoms with Gasteiger partial charge in [-0.3, -0.25) is 4.79 Å². The summed E-state index contributed by atoms with van der Waals surface area (Å²) < 4.78 is 1.88. The normalized spacial score (nSPS) is 23.6. The monoisotopic (exact) mass is 258 g/mol. The minimum absolute atomic E-state index is 0.328. The van der Waals surface area contributed by atoms with E-state index < -0.39 is 5.91 Å². The Hall–Kier alpha value is -1.88. The number of hydrogen-bond donors (Lipinski definition) is 2. The Morgan fingerprint density at radius 1 is 1.32 bits per heavy atom. The summed E-state index contributed by atoms with van der Waals surface area (Å²) in [5.41, 5.74) is 13.5. The minimum atomic E-state index is -0.437. The zero-order chi connectivity index (χ0) is 13.4. The van der Waals surface area contributed by atoms with Gasteiger partial charge in [-0.05, 0) is 37.8 Å². The fraction of sp³-hybridized carbons (Fsp3) is 0.429. The van der Waals surface area contributed by atoms with Crippen molar-refractivity contribution in [3.8, 4) is 0 Å². The molecule has 0 unspecified atom stereocenters. The summed E-state index contributed by atoms with van der Waals surface area (Å²) in [4.78, 5) is 16.0. The molecule has 100 valence electrons. The second-order valence-corrected chi connectivity index (χ2v) is 5.29. The Morgan fingerprint density at radius 2 is 2.05 bits per heavy atom. The number of aromatic nitrogens is 2. The van der Waals surface area contributed by atoms with Crippen LogP contribution in [0, 0.1) is 0 Å². The summed E-state index contributed by atoms with van der Waals surface area (Å²) >= 11 is 0. The lowest BCUT2D eigenvalue weighted by molar-refractivity contribution is 0.100. The van der Waals surface area contributed by atoms with Crippen LogP contribution in [0.1, 0.15) is 47.7 Å². The van der Waals surface area contributed by atoms with Crippen LogP contribution in [0.25, 0.3) is 5.65 Å². The molecule has 0 aliphatic heterocycles. The Morgan fingerprint density at radius 3 is 2.74 bits per heavy atom. The number of carbonyl (C=O) groups excluding carboxylic acids is 1. The van der Waals surface area contributed by atoms with Crippen LogP contribution in [0.5, 0.6) is 0 Å². The van der Waals surface area contributed by atoms with Crippen molar-refractivity contribution in [3.05, 3.63) is 35.8 Å². The van der Waals surface area contributed by atoms with Gasteiger partial charge in [0, 0.05) is 24.4 Å². The molecule has 5 nitrogen and oxygen atoms in total. The number of primary amides is 1. The van der Waals surface area contributed by atoms with E-state index in [0.717, 1.165) is 31.4 Å². The number of amides is 1. The smallest absolute Gasteiger partial charge is 0.252 e. The first kappa shape index (κ1) is 12.2. The van der Waals surface area contributed by atoms with Crippen molar-refractivity contribution in [3.63, 3.8) is 0 Å². The Kier molecular flexibility index (Phi) is 2.98. The Labute approximate surface area is 111 Å². The van der Waals surface area contributed by atoms with Crippen LogP contribution in [0.2, 0.25) is 0 Å². The second-order valence-electron chi connectivity index (χ2n) is 5.29. The molecule has 0 saturated heterocycles. The van der Waals surface area contributed by atoms with E-state index in [4.69, 9.17) is 11.5 Å². The quantitative estimate of drug-likeness (QED) is 0.854. The average Bonchev–Trinajstić information content (AvgIpc) is 2.82. The standard InChI is InChI=1S/C14H18N4O/c15-10-5-3-9(4-6-10)12-8-18-7-1-2-11(13(16)19)14(18)17-12/h1-2,7-10H,3-6,15H2,(H2,16,19)/t9-,10+. The number of fused-ring (bicyclic) bond motifs is 1. The molecule has 1 fully saturated rings. The first-order valence-corrected chi connectivity index (χ1v) is 6.68. The van der Waals surface area contributed by atoms with Crippen LogP contribution in [0.15, 0.2) is 24.5 Å². The van der Waals surface area contributed by atoms with E-state index in [9.17, 15) is 4.79 Å². The minimum Gasteiger partial charge on any atom is -0.365 e.